The van der Waals surface area contributed by atoms with E-state index in [1.807, 2.05) is 35.4 Å². The van der Waals surface area contributed by atoms with Gasteiger partial charge in [-0.15, -0.1) is 11.8 Å². The number of carbonyl (C=O) groups is 2. The van der Waals surface area contributed by atoms with Crippen molar-refractivity contribution in [3.63, 3.8) is 0 Å². The molecule has 0 bridgehead atoms. The van der Waals surface area contributed by atoms with E-state index in [0.29, 0.717) is 18.9 Å². The predicted octanol–water partition coefficient (Wildman–Crippen LogP) is 3.13. The molecule has 0 saturated carbocycles. The first-order valence-electron chi connectivity index (χ1n) is 7.26. The quantitative estimate of drug-likeness (QED) is 0.849. The highest BCUT2D eigenvalue weighted by Gasteiger charge is 2.25. The minimum Gasteiger partial charge on any atom is -0.481 e. The third kappa shape index (κ3) is 4.24. The number of rotatable bonds is 5. The first kappa shape index (κ1) is 15.9. The molecule has 1 unspecified atom stereocenters. The minimum absolute atomic E-state index is 0.0694. The Morgan fingerprint density at radius 3 is 2.86 bits per heavy atom. The number of thioether (sulfide) groups is 1. The van der Waals surface area contributed by atoms with Crippen LogP contribution in [0.15, 0.2) is 29.2 Å². The van der Waals surface area contributed by atoms with E-state index >= 15 is 0 Å². The van der Waals surface area contributed by atoms with E-state index < -0.39 is 5.97 Å². The third-order valence-electron chi connectivity index (χ3n) is 3.91. The summed E-state index contributed by atoms with van der Waals surface area (Å²) in [5.41, 5.74) is 0.754. The number of piperidine rings is 1. The Kier molecular flexibility index (Phi) is 5.67. The van der Waals surface area contributed by atoms with Gasteiger partial charge < -0.3 is 10.0 Å². The number of carbonyl (C=O) groups excluding carboxylic acids is 1. The van der Waals surface area contributed by atoms with Crippen molar-refractivity contribution in [2.45, 2.75) is 30.6 Å². The summed E-state index contributed by atoms with van der Waals surface area (Å²) in [6.45, 7) is 1.44. The highest BCUT2D eigenvalue weighted by molar-refractivity contribution is 7.98. The molecule has 5 heteroatoms. The summed E-state index contributed by atoms with van der Waals surface area (Å²) >= 11 is 1.58. The average Bonchev–Trinajstić information content (AvgIpc) is 2.52. The molecule has 1 fully saturated rings. The maximum Gasteiger partial charge on any atom is 0.303 e. The maximum atomic E-state index is 12.7. The van der Waals surface area contributed by atoms with Gasteiger partial charge in [-0.2, -0.15) is 0 Å². The standard InChI is InChI=1S/C16H21NO3S/c1-21-14-7-3-2-6-13(14)16(20)17-10-4-5-12(11-17)8-9-15(18)19/h2-3,6-7,12H,4-5,8-11H2,1H3,(H,18,19). The van der Waals surface area contributed by atoms with E-state index in [4.69, 9.17) is 5.11 Å². The first-order valence-corrected chi connectivity index (χ1v) is 8.48. The monoisotopic (exact) mass is 307 g/mol. The molecule has 1 amide bonds. The van der Waals surface area contributed by atoms with Gasteiger partial charge in [-0.05, 0) is 43.6 Å². The molecule has 0 aliphatic carbocycles. The van der Waals surface area contributed by atoms with Crippen LogP contribution in [0, 0.1) is 5.92 Å². The Hall–Kier alpha value is -1.49. The molecule has 0 spiro atoms. The fraction of sp³-hybridized carbons (Fsp3) is 0.500. The fourth-order valence-corrected chi connectivity index (χ4v) is 3.39. The Morgan fingerprint density at radius 2 is 2.14 bits per heavy atom. The zero-order valence-electron chi connectivity index (χ0n) is 12.2. The number of carboxylic acids is 1. The van der Waals surface area contributed by atoms with Crippen molar-refractivity contribution in [2.24, 2.45) is 5.92 Å². The lowest BCUT2D eigenvalue weighted by molar-refractivity contribution is -0.137. The second-order valence-electron chi connectivity index (χ2n) is 5.39. The van der Waals surface area contributed by atoms with Crippen LogP contribution in [0.3, 0.4) is 0 Å². The highest BCUT2D eigenvalue weighted by atomic mass is 32.2. The minimum atomic E-state index is -0.758. The topological polar surface area (TPSA) is 57.6 Å². The first-order chi connectivity index (χ1) is 10.1. The zero-order valence-corrected chi connectivity index (χ0v) is 13.1. The van der Waals surface area contributed by atoms with Crippen molar-refractivity contribution in [1.82, 2.24) is 4.90 Å². The lowest BCUT2D eigenvalue weighted by Crippen LogP contribution is -2.40. The van der Waals surface area contributed by atoms with Gasteiger partial charge >= 0.3 is 5.97 Å². The Labute approximate surface area is 129 Å². The number of hydrogen-bond acceptors (Lipinski definition) is 3. The highest BCUT2D eigenvalue weighted by Crippen LogP contribution is 2.26. The number of amides is 1. The van der Waals surface area contributed by atoms with E-state index in [2.05, 4.69) is 0 Å². The van der Waals surface area contributed by atoms with Crippen molar-refractivity contribution in [3.8, 4) is 0 Å². The molecular formula is C16H21NO3S. The summed E-state index contributed by atoms with van der Waals surface area (Å²) in [7, 11) is 0. The summed E-state index contributed by atoms with van der Waals surface area (Å²) < 4.78 is 0. The smallest absolute Gasteiger partial charge is 0.303 e. The van der Waals surface area contributed by atoms with Gasteiger partial charge in [0.25, 0.3) is 5.91 Å². The van der Waals surface area contributed by atoms with Crippen molar-refractivity contribution in [1.29, 1.82) is 0 Å². The molecule has 1 aromatic carbocycles. The molecule has 0 aromatic heterocycles. The van der Waals surface area contributed by atoms with Crippen molar-refractivity contribution >= 4 is 23.6 Å². The maximum absolute atomic E-state index is 12.7. The van der Waals surface area contributed by atoms with Crippen LogP contribution >= 0.6 is 11.8 Å². The molecular weight excluding hydrogens is 286 g/mol. The van der Waals surface area contributed by atoms with Crippen LogP contribution in [-0.4, -0.2) is 41.2 Å². The Balaban J connectivity index is 2.03. The molecule has 1 aliphatic rings. The van der Waals surface area contributed by atoms with Crippen LogP contribution in [0.4, 0.5) is 0 Å². The van der Waals surface area contributed by atoms with Crippen molar-refractivity contribution < 1.29 is 14.7 Å². The van der Waals surface area contributed by atoms with Crippen molar-refractivity contribution in [3.05, 3.63) is 29.8 Å². The van der Waals surface area contributed by atoms with Gasteiger partial charge in [-0.1, -0.05) is 12.1 Å². The van der Waals surface area contributed by atoms with Crippen molar-refractivity contribution in [2.75, 3.05) is 19.3 Å². The van der Waals surface area contributed by atoms with Gasteiger partial charge in [0.15, 0.2) is 0 Å². The van der Waals surface area contributed by atoms with Crippen LogP contribution in [0.2, 0.25) is 0 Å². The predicted molar refractivity (Wildman–Crippen MR) is 83.7 cm³/mol. The molecule has 1 saturated heterocycles. The molecule has 114 valence electrons. The van der Waals surface area contributed by atoms with Gasteiger partial charge in [0.05, 0.1) is 5.56 Å². The molecule has 1 heterocycles. The number of hydrogen-bond donors (Lipinski definition) is 1. The van der Waals surface area contributed by atoms with Crippen LogP contribution in [-0.2, 0) is 4.79 Å². The second-order valence-corrected chi connectivity index (χ2v) is 6.24. The summed E-state index contributed by atoms with van der Waals surface area (Å²) in [5.74, 6) is -0.383. The normalized spacial score (nSPS) is 18.5. The van der Waals surface area contributed by atoms with Gasteiger partial charge in [0.2, 0.25) is 0 Å². The fourth-order valence-electron chi connectivity index (χ4n) is 2.80. The van der Waals surface area contributed by atoms with Gasteiger partial charge in [-0.3, -0.25) is 9.59 Å². The van der Waals surface area contributed by atoms with Crippen LogP contribution in [0.1, 0.15) is 36.0 Å². The number of carboxylic acid groups (broad SMARTS) is 1. The van der Waals surface area contributed by atoms with Gasteiger partial charge in [0.1, 0.15) is 0 Å². The largest absolute Gasteiger partial charge is 0.481 e. The van der Waals surface area contributed by atoms with Gasteiger partial charge in [0, 0.05) is 24.4 Å². The van der Waals surface area contributed by atoms with E-state index in [1.54, 1.807) is 11.8 Å². The molecule has 0 radical (unpaired) electrons. The van der Waals surface area contributed by atoms with E-state index in [9.17, 15) is 9.59 Å². The molecule has 21 heavy (non-hydrogen) atoms. The van der Waals surface area contributed by atoms with E-state index in [0.717, 1.165) is 29.8 Å². The van der Waals surface area contributed by atoms with E-state index in [-0.39, 0.29) is 12.3 Å². The van der Waals surface area contributed by atoms with Crippen LogP contribution in [0.25, 0.3) is 0 Å². The van der Waals surface area contributed by atoms with Crippen LogP contribution in [0.5, 0.6) is 0 Å². The molecule has 2 rings (SSSR count). The Morgan fingerprint density at radius 1 is 1.38 bits per heavy atom. The summed E-state index contributed by atoms with van der Waals surface area (Å²) in [5, 5.41) is 8.78. The molecule has 1 aliphatic heterocycles. The summed E-state index contributed by atoms with van der Waals surface area (Å²) in [6, 6.07) is 7.66. The van der Waals surface area contributed by atoms with E-state index in [1.165, 1.54) is 0 Å². The molecule has 4 nitrogen and oxygen atoms in total. The zero-order chi connectivity index (χ0) is 15.2. The number of benzene rings is 1. The SMILES string of the molecule is CSc1ccccc1C(=O)N1CCCC(CCC(=O)O)C1. The average molecular weight is 307 g/mol. The summed E-state index contributed by atoms with van der Waals surface area (Å²) in [6.07, 6.45) is 4.79. The number of aliphatic carboxylic acids is 1. The number of nitrogens with zero attached hydrogens (tertiary/aromatic N) is 1. The Bertz CT molecular complexity index is 518. The molecule has 1 aromatic rings. The third-order valence-corrected chi connectivity index (χ3v) is 4.71. The second kappa shape index (κ2) is 7.50. The number of likely N-dealkylation sites (tertiary alicyclic amines) is 1. The molecule has 1 N–H and O–H groups in total. The summed E-state index contributed by atoms with van der Waals surface area (Å²) in [4.78, 5) is 26.2. The van der Waals surface area contributed by atoms with Gasteiger partial charge in [-0.25, -0.2) is 0 Å². The van der Waals surface area contributed by atoms with Crippen LogP contribution < -0.4 is 0 Å². The lowest BCUT2D eigenvalue weighted by Gasteiger charge is -2.33. The molecule has 1 atom stereocenters. The lowest BCUT2D eigenvalue weighted by atomic mass is 9.93.